The number of ether oxygens (including phenoxy) is 1. The Balaban J connectivity index is 2.17. The molecule has 20 heavy (non-hydrogen) atoms. The summed E-state index contributed by atoms with van der Waals surface area (Å²) in [5.41, 5.74) is 7.44. The number of nitrogens with two attached hydrogens (primary N) is 1. The van der Waals surface area contributed by atoms with Crippen LogP contribution >= 0.6 is 23.2 Å². The van der Waals surface area contributed by atoms with E-state index in [0.717, 1.165) is 11.1 Å². The normalized spacial score (nSPS) is 12.2. The molecule has 0 aromatic heterocycles. The molecule has 1 atom stereocenters. The first-order valence-corrected chi connectivity index (χ1v) is 6.84. The van der Waals surface area contributed by atoms with Crippen molar-refractivity contribution in [1.29, 1.82) is 0 Å². The Hall–Kier alpha value is -1.29. The summed E-state index contributed by atoms with van der Waals surface area (Å²) in [4.78, 5) is 0. The van der Waals surface area contributed by atoms with Gasteiger partial charge in [0.05, 0.1) is 10.0 Å². The molecule has 2 N–H and O–H groups in total. The summed E-state index contributed by atoms with van der Waals surface area (Å²) in [7, 11) is 0. The van der Waals surface area contributed by atoms with Gasteiger partial charge in [-0.1, -0.05) is 35.3 Å². The predicted molar refractivity (Wildman–Crippen MR) is 79.8 cm³/mol. The average molecular weight is 314 g/mol. The highest BCUT2D eigenvalue weighted by molar-refractivity contribution is 6.42. The van der Waals surface area contributed by atoms with Gasteiger partial charge in [0.25, 0.3) is 0 Å². The van der Waals surface area contributed by atoms with Gasteiger partial charge in [0.15, 0.2) is 0 Å². The highest BCUT2D eigenvalue weighted by atomic mass is 35.5. The van der Waals surface area contributed by atoms with E-state index in [0.29, 0.717) is 15.8 Å². The number of hydrogen-bond donors (Lipinski definition) is 1. The van der Waals surface area contributed by atoms with Gasteiger partial charge in [-0.3, -0.25) is 0 Å². The van der Waals surface area contributed by atoms with Crippen LogP contribution in [0.5, 0.6) is 5.75 Å². The third kappa shape index (κ3) is 3.63. The van der Waals surface area contributed by atoms with Crippen LogP contribution in [0.3, 0.4) is 0 Å². The minimum atomic E-state index is -0.362. The summed E-state index contributed by atoms with van der Waals surface area (Å²) < 4.78 is 18.9. The fourth-order valence-electron chi connectivity index (χ4n) is 1.80. The van der Waals surface area contributed by atoms with Crippen molar-refractivity contribution >= 4 is 23.2 Å². The van der Waals surface area contributed by atoms with Crippen molar-refractivity contribution in [2.24, 2.45) is 5.73 Å². The number of benzene rings is 2. The summed E-state index contributed by atoms with van der Waals surface area (Å²) in [6, 6.07) is 9.30. The van der Waals surface area contributed by atoms with Gasteiger partial charge < -0.3 is 10.5 Å². The molecule has 106 valence electrons. The molecule has 0 bridgehead atoms. The van der Waals surface area contributed by atoms with E-state index in [1.807, 2.05) is 6.92 Å². The molecule has 0 saturated heterocycles. The van der Waals surface area contributed by atoms with Gasteiger partial charge in [-0.25, -0.2) is 4.39 Å². The van der Waals surface area contributed by atoms with Crippen LogP contribution in [0.25, 0.3) is 0 Å². The zero-order valence-corrected chi connectivity index (χ0v) is 12.4. The lowest BCUT2D eigenvalue weighted by molar-refractivity contribution is 0.300. The fourth-order valence-corrected chi connectivity index (χ4v) is 2.12. The zero-order valence-electron chi connectivity index (χ0n) is 10.9. The topological polar surface area (TPSA) is 35.2 Å². The lowest BCUT2D eigenvalue weighted by Crippen LogP contribution is -2.08. The van der Waals surface area contributed by atoms with E-state index < -0.39 is 0 Å². The quantitative estimate of drug-likeness (QED) is 0.885. The van der Waals surface area contributed by atoms with Crippen molar-refractivity contribution in [2.75, 3.05) is 0 Å². The maximum Gasteiger partial charge on any atom is 0.127 e. The first kappa shape index (κ1) is 15.1. The van der Waals surface area contributed by atoms with Gasteiger partial charge in [0, 0.05) is 17.7 Å². The van der Waals surface area contributed by atoms with Gasteiger partial charge in [-0.2, -0.15) is 0 Å². The van der Waals surface area contributed by atoms with Crippen LogP contribution in [0, 0.1) is 5.82 Å². The smallest absolute Gasteiger partial charge is 0.127 e. The maximum atomic E-state index is 13.3. The Morgan fingerprint density at radius 3 is 2.55 bits per heavy atom. The Kier molecular flexibility index (Phi) is 4.86. The molecule has 0 radical (unpaired) electrons. The van der Waals surface area contributed by atoms with Crippen molar-refractivity contribution in [3.8, 4) is 5.75 Å². The molecule has 0 aliphatic rings. The van der Waals surface area contributed by atoms with Crippen LogP contribution in [-0.4, -0.2) is 0 Å². The molecule has 0 amide bonds. The van der Waals surface area contributed by atoms with Crippen LogP contribution < -0.4 is 10.5 Å². The Labute approximate surface area is 127 Å². The van der Waals surface area contributed by atoms with E-state index in [2.05, 4.69) is 0 Å². The van der Waals surface area contributed by atoms with Crippen LogP contribution in [0.15, 0.2) is 36.4 Å². The SMILES string of the molecule is CC(N)c1ccc(F)cc1OCc1ccc(Cl)c(Cl)c1. The summed E-state index contributed by atoms with van der Waals surface area (Å²) in [6.07, 6.45) is 0. The molecule has 2 rings (SSSR count). The predicted octanol–water partition coefficient (Wildman–Crippen LogP) is 4.73. The second-order valence-electron chi connectivity index (χ2n) is 4.51. The molecule has 1 unspecified atom stereocenters. The number of hydrogen-bond acceptors (Lipinski definition) is 2. The number of halogens is 3. The van der Waals surface area contributed by atoms with E-state index in [9.17, 15) is 4.39 Å². The Bertz CT molecular complexity index is 617. The van der Waals surface area contributed by atoms with Crippen molar-refractivity contribution in [3.63, 3.8) is 0 Å². The van der Waals surface area contributed by atoms with E-state index >= 15 is 0 Å². The molecular weight excluding hydrogens is 300 g/mol. The minimum absolute atomic E-state index is 0.237. The monoisotopic (exact) mass is 313 g/mol. The standard InChI is InChI=1S/C15H14Cl2FNO/c1-9(19)12-4-3-11(18)7-15(12)20-8-10-2-5-13(16)14(17)6-10/h2-7,9H,8,19H2,1H3. The van der Waals surface area contributed by atoms with Gasteiger partial charge >= 0.3 is 0 Å². The highest BCUT2D eigenvalue weighted by Crippen LogP contribution is 2.27. The fraction of sp³-hybridized carbons (Fsp3) is 0.200. The maximum absolute atomic E-state index is 13.3. The zero-order chi connectivity index (χ0) is 14.7. The van der Waals surface area contributed by atoms with Crippen molar-refractivity contribution < 1.29 is 9.13 Å². The largest absolute Gasteiger partial charge is 0.488 e. The highest BCUT2D eigenvalue weighted by Gasteiger charge is 2.10. The molecule has 5 heteroatoms. The minimum Gasteiger partial charge on any atom is -0.488 e. The van der Waals surface area contributed by atoms with Crippen molar-refractivity contribution in [2.45, 2.75) is 19.6 Å². The molecule has 0 saturated carbocycles. The number of rotatable bonds is 4. The Morgan fingerprint density at radius 2 is 1.90 bits per heavy atom. The average Bonchev–Trinajstić information content (AvgIpc) is 2.40. The van der Waals surface area contributed by atoms with Crippen LogP contribution in [0.2, 0.25) is 10.0 Å². The van der Waals surface area contributed by atoms with Crippen molar-refractivity contribution in [3.05, 3.63) is 63.4 Å². The third-order valence-electron chi connectivity index (χ3n) is 2.84. The molecule has 0 heterocycles. The van der Waals surface area contributed by atoms with Crippen molar-refractivity contribution in [1.82, 2.24) is 0 Å². The van der Waals surface area contributed by atoms with Gasteiger partial charge in [0.1, 0.15) is 18.2 Å². The summed E-state index contributed by atoms with van der Waals surface area (Å²) in [5, 5.41) is 0.942. The first-order chi connectivity index (χ1) is 9.47. The molecule has 0 spiro atoms. The second-order valence-corrected chi connectivity index (χ2v) is 5.32. The van der Waals surface area contributed by atoms with E-state index in [1.54, 1.807) is 24.3 Å². The molecule has 0 aliphatic heterocycles. The van der Waals surface area contributed by atoms with E-state index in [1.165, 1.54) is 12.1 Å². The molecule has 2 aromatic carbocycles. The summed E-state index contributed by atoms with van der Waals surface area (Å²) >= 11 is 11.8. The van der Waals surface area contributed by atoms with Crippen LogP contribution in [-0.2, 0) is 6.61 Å². The van der Waals surface area contributed by atoms with Crippen LogP contribution in [0.1, 0.15) is 24.1 Å². The van der Waals surface area contributed by atoms with Crippen LogP contribution in [0.4, 0.5) is 4.39 Å². The summed E-state index contributed by atoms with van der Waals surface area (Å²) in [6.45, 7) is 2.08. The van der Waals surface area contributed by atoms with Gasteiger partial charge in [-0.05, 0) is 30.7 Å². The first-order valence-electron chi connectivity index (χ1n) is 6.09. The summed E-state index contributed by atoms with van der Waals surface area (Å²) in [5.74, 6) is 0.0737. The van der Waals surface area contributed by atoms with Gasteiger partial charge in [-0.15, -0.1) is 0 Å². The lowest BCUT2D eigenvalue weighted by atomic mass is 10.1. The van der Waals surface area contributed by atoms with Gasteiger partial charge in [0.2, 0.25) is 0 Å². The Morgan fingerprint density at radius 1 is 1.15 bits per heavy atom. The molecule has 2 nitrogen and oxygen atoms in total. The van der Waals surface area contributed by atoms with E-state index in [-0.39, 0.29) is 18.5 Å². The van der Waals surface area contributed by atoms with E-state index in [4.69, 9.17) is 33.7 Å². The molecular formula is C15H14Cl2FNO. The molecule has 0 fully saturated rings. The lowest BCUT2D eigenvalue weighted by Gasteiger charge is -2.14. The molecule has 2 aromatic rings. The third-order valence-corrected chi connectivity index (χ3v) is 3.58. The molecule has 0 aliphatic carbocycles. The second kappa shape index (κ2) is 6.44.